The largest absolute Gasteiger partial charge is 0.348 e. The van der Waals surface area contributed by atoms with E-state index in [-0.39, 0.29) is 18.0 Å². The van der Waals surface area contributed by atoms with E-state index in [0.29, 0.717) is 6.42 Å². The summed E-state index contributed by atoms with van der Waals surface area (Å²) in [6, 6.07) is 7.91. The number of aryl methyl sites for hydroxylation is 1. The van der Waals surface area contributed by atoms with E-state index in [0.717, 1.165) is 5.56 Å². The van der Waals surface area contributed by atoms with Crippen LogP contribution in [0.15, 0.2) is 24.3 Å². The van der Waals surface area contributed by atoms with Crippen LogP contribution in [0.5, 0.6) is 0 Å². The molecule has 1 aromatic carbocycles. The Morgan fingerprint density at radius 2 is 2.14 bits per heavy atom. The molecule has 0 bridgehead atoms. The van der Waals surface area contributed by atoms with Crippen molar-refractivity contribution in [2.24, 2.45) is 5.73 Å². The second kappa shape index (κ2) is 3.42. The van der Waals surface area contributed by atoms with Gasteiger partial charge in [-0.3, -0.25) is 4.79 Å². The monoisotopic (exact) mass is 190 g/mol. The average molecular weight is 190 g/mol. The van der Waals surface area contributed by atoms with Crippen molar-refractivity contribution in [3.63, 3.8) is 0 Å². The van der Waals surface area contributed by atoms with Crippen molar-refractivity contribution in [3.05, 3.63) is 35.4 Å². The third-order valence-electron chi connectivity index (χ3n) is 2.69. The number of amides is 1. The second-order valence-electron chi connectivity index (χ2n) is 3.77. The summed E-state index contributed by atoms with van der Waals surface area (Å²) in [5.41, 5.74) is 8.19. The van der Waals surface area contributed by atoms with Crippen LogP contribution in [0.25, 0.3) is 0 Å². The highest BCUT2D eigenvalue weighted by molar-refractivity contribution is 5.80. The van der Waals surface area contributed by atoms with E-state index in [1.165, 1.54) is 5.56 Å². The van der Waals surface area contributed by atoms with E-state index in [4.69, 9.17) is 5.73 Å². The summed E-state index contributed by atoms with van der Waals surface area (Å²) in [4.78, 5) is 11.2. The first-order chi connectivity index (χ1) is 6.68. The molecule has 1 saturated heterocycles. The molecular weight excluding hydrogens is 176 g/mol. The van der Waals surface area contributed by atoms with Crippen molar-refractivity contribution in [2.75, 3.05) is 0 Å². The summed E-state index contributed by atoms with van der Waals surface area (Å²) in [6.07, 6.45) is 0.430. The normalized spacial score (nSPS) is 26.3. The quantitative estimate of drug-likeness (QED) is 0.690. The third-order valence-corrected chi connectivity index (χ3v) is 2.69. The highest BCUT2D eigenvalue weighted by atomic mass is 16.2. The van der Waals surface area contributed by atoms with Gasteiger partial charge >= 0.3 is 0 Å². The van der Waals surface area contributed by atoms with Crippen LogP contribution in [0.3, 0.4) is 0 Å². The molecule has 0 aromatic heterocycles. The first kappa shape index (κ1) is 9.21. The molecule has 0 radical (unpaired) electrons. The number of benzene rings is 1. The van der Waals surface area contributed by atoms with Crippen LogP contribution in [0.1, 0.15) is 23.6 Å². The van der Waals surface area contributed by atoms with Gasteiger partial charge in [0, 0.05) is 12.5 Å². The SMILES string of the molecule is Cc1ccccc1C1NC(=O)C[C@@H]1N. The zero-order valence-corrected chi connectivity index (χ0v) is 8.16. The van der Waals surface area contributed by atoms with E-state index in [1.54, 1.807) is 0 Å². The molecule has 1 aliphatic rings. The highest BCUT2D eigenvalue weighted by Gasteiger charge is 2.30. The van der Waals surface area contributed by atoms with Crippen LogP contribution in [0.2, 0.25) is 0 Å². The fraction of sp³-hybridized carbons (Fsp3) is 0.364. The van der Waals surface area contributed by atoms with Crippen molar-refractivity contribution in [2.45, 2.75) is 25.4 Å². The maximum atomic E-state index is 11.2. The fourth-order valence-electron chi connectivity index (χ4n) is 1.92. The fourth-order valence-corrected chi connectivity index (χ4v) is 1.92. The van der Waals surface area contributed by atoms with E-state index < -0.39 is 0 Å². The first-order valence-electron chi connectivity index (χ1n) is 4.79. The molecule has 1 heterocycles. The summed E-state index contributed by atoms with van der Waals surface area (Å²) in [5, 5.41) is 2.90. The number of nitrogens with one attached hydrogen (secondary N) is 1. The molecule has 14 heavy (non-hydrogen) atoms. The Labute approximate surface area is 83.3 Å². The zero-order chi connectivity index (χ0) is 10.1. The van der Waals surface area contributed by atoms with E-state index in [1.807, 2.05) is 31.2 Å². The lowest BCUT2D eigenvalue weighted by Gasteiger charge is -2.17. The number of rotatable bonds is 1. The Kier molecular flexibility index (Phi) is 2.25. The van der Waals surface area contributed by atoms with Gasteiger partial charge in [-0.25, -0.2) is 0 Å². The smallest absolute Gasteiger partial charge is 0.222 e. The maximum absolute atomic E-state index is 11.2. The number of nitrogens with two attached hydrogens (primary N) is 1. The molecule has 1 aromatic rings. The van der Waals surface area contributed by atoms with Gasteiger partial charge in [-0.05, 0) is 18.1 Å². The number of hydrogen-bond donors (Lipinski definition) is 2. The van der Waals surface area contributed by atoms with Crippen molar-refractivity contribution < 1.29 is 4.79 Å². The van der Waals surface area contributed by atoms with Crippen molar-refractivity contribution in [1.29, 1.82) is 0 Å². The van der Waals surface area contributed by atoms with Crippen LogP contribution in [-0.2, 0) is 4.79 Å². The van der Waals surface area contributed by atoms with Gasteiger partial charge in [-0.2, -0.15) is 0 Å². The van der Waals surface area contributed by atoms with Gasteiger partial charge < -0.3 is 11.1 Å². The summed E-state index contributed by atoms with van der Waals surface area (Å²) in [6.45, 7) is 2.03. The standard InChI is InChI=1S/C11H14N2O/c1-7-4-2-3-5-8(7)11-9(12)6-10(14)13-11/h2-5,9,11H,6,12H2,1H3,(H,13,14)/t9-,11?/m0/s1. The molecule has 74 valence electrons. The minimum atomic E-state index is -0.0939. The van der Waals surface area contributed by atoms with E-state index in [2.05, 4.69) is 5.32 Å². The summed E-state index contributed by atoms with van der Waals surface area (Å²) in [7, 11) is 0. The lowest BCUT2D eigenvalue weighted by atomic mass is 9.97. The number of carbonyl (C=O) groups excluding carboxylic acids is 1. The van der Waals surface area contributed by atoms with Crippen LogP contribution >= 0.6 is 0 Å². The Bertz CT molecular complexity index is 362. The molecule has 0 spiro atoms. The van der Waals surface area contributed by atoms with E-state index >= 15 is 0 Å². The van der Waals surface area contributed by atoms with Crippen molar-refractivity contribution >= 4 is 5.91 Å². The molecule has 0 aliphatic carbocycles. The van der Waals surface area contributed by atoms with Gasteiger partial charge in [0.25, 0.3) is 0 Å². The van der Waals surface area contributed by atoms with Gasteiger partial charge in [0.1, 0.15) is 0 Å². The molecule has 2 rings (SSSR count). The van der Waals surface area contributed by atoms with Crippen LogP contribution in [-0.4, -0.2) is 11.9 Å². The predicted molar refractivity (Wildman–Crippen MR) is 54.7 cm³/mol. The molecule has 3 heteroatoms. The number of carbonyl (C=O) groups is 1. The summed E-state index contributed by atoms with van der Waals surface area (Å²) in [5.74, 6) is 0.0470. The predicted octanol–water partition coefficient (Wildman–Crippen LogP) is 0.883. The first-order valence-corrected chi connectivity index (χ1v) is 4.79. The minimum Gasteiger partial charge on any atom is -0.348 e. The lowest BCUT2D eigenvalue weighted by molar-refractivity contribution is -0.119. The van der Waals surface area contributed by atoms with Gasteiger partial charge in [-0.1, -0.05) is 24.3 Å². The van der Waals surface area contributed by atoms with Gasteiger partial charge in [0.2, 0.25) is 5.91 Å². The Balaban J connectivity index is 2.32. The highest BCUT2D eigenvalue weighted by Crippen LogP contribution is 2.25. The van der Waals surface area contributed by atoms with Crippen LogP contribution in [0.4, 0.5) is 0 Å². The Morgan fingerprint density at radius 3 is 2.71 bits per heavy atom. The van der Waals surface area contributed by atoms with Crippen LogP contribution < -0.4 is 11.1 Å². The molecule has 2 atom stereocenters. The zero-order valence-electron chi connectivity index (χ0n) is 8.16. The van der Waals surface area contributed by atoms with Crippen molar-refractivity contribution in [1.82, 2.24) is 5.32 Å². The maximum Gasteiger partial charge on any atom is 0.222 e. The molecule has 0 saturated carbocycles. The Hall–Kier alpha value is -1.35. The molecule has 1 aliphatic heterocycles. The van der Waals surface area contributed by atoms with Gasteiger partial charge in [0.15, 0.2) is 0 Å². The summed E-state index contributed by atoms with van der Waals surface area (Å²) < 4.78 is 0. The second-order valence-corrected chi connectivity index (χ2v) is 3.77. The van der Waals surface area contributed by atoms with Crippen LogP contribution in [0, 0.1) is 6.92 Å². The topological polar surface area (TPSA) is 55.1 Å². The Morgan fingerprint density at radius 1 is 1.43 bits per heavy atom. The molecular formula is C11H14N2O. The lowest BCUT2D eigenvalue weighted by Crippen LogP contribution is -2.29. The minimum absolute atomic E-state index is 0.0105. The third kappa shape index (κ3) is 1.51. The summed E-state index contributed by atoms with van der Waals surface area (Å²) >= 11 is 0. The van der Waals surface area contributed by atoms with Gasteiger partial charge in [0.05, 0.1) is 6.04 Å². The van der Waals surface area contributed by atoms with E-state index in [9.17, 15) is 4.79 Å². The molecule has 3 N–H and O–H groups in total. The molecule has 3 nitrogen and oxygen atoms in total. The molecule has 1 fully saturated rings. The molecule has 1 unspecified atom stereocenters. The van der Waals surface area contributed by atoms with Crippen molar-refractivity contribution in [3.8, 4) is 0 Å². The molecule has 1 amide bonds. The number of hydrogen-bond acceptors (Lipinski definition) is 2. The average Bonchev–Trinajstić information content (AvgIpc) is 2.46. The van der Waals surface area contributed by atoms with Gasteiger partial charge in [-0.15, -0.1) is 0 Å².